The molecule has 0 saturated carbocycles. The van der Waals surface area contributed by atoms with Gasteiger partial charge in [-0.2, -0.15) is 0 Å². The number of fused-ring (bicyclic) bond motifs is 1. The number of rotatable bonds is 2. The number of hydrogen-bond acceptors (Lipinski definition) is 5. The Hall–Kier alpha value is -2.50. The Labute approximate surface area is 156 Å². The third kappa shape index (κ3) is 2.83. The highest BCUT2D eigenvalue weighted by atomic mass is 35.5. The van der Waals surface area contributed by atoms with Crippen molar-refractivity contribution >= 4 is 11.6 Å². The zero-order chi connectivity index (χ0) is 18.4. The first-order chi connectivity index (χ1) is 12.4. The van der Waals surface area contributed by atoms with Crippen molar-refractivity contribution < 1.29 is 14.7 Å². The van der Waals surface area contributed by atoms with Crippen molar-refractivity contribution in [2.24, 2.45) is 0 Å². The normalized spacial score (nSPS) is 14.4. The van der Waals surface area contributed by atoms with Gasteiger partial charge in [0.05, 0.1) is 21.8 Å². The molecule has 0 saturated heterocycles. The fourth-order valence-corrected chi connectivity index (χ4v) is 3.64. The monoisotopic (exact) mass is 370 g/mol. The van der Waals surface area contributed by atoms with Gasteiger partial charge in [-0.1, -0.05) is 35.0 Å². The van der Waals surface area contributed by atoms with Gasteiger partial charge in [-0.3, -0.25) is 0 Å². The Kier molecular flexibility index (Phi) is 4.13. The van der Waals surface area contributed by atoms with Gasteiger partial charge in [-0.25, -0.2) is 0 Å². The van der Waals surface area contributed by atoms with Crippen molar-refractivity contribution in [1.29, 1.82) is 0 Å². The van der Waals surface area contributed by atoms with Crippen molar-refractivity contribution in [3.8, 4) is 33.9 Å². The number of aryl methyl sites for hydroxylation is 1. The molecule has 0 fully saturated rings. The Morgan fingerprint density at radius 1 is 1.12 bits per heavy atom. The molecule has 0 unspecified atom stereocenters. The zero-order valence-electron chi connectivity index (χ0n) is 14.6. The number of halogens is 1. The number of benzene rings is 2. The van der Waals surface area contributed by atoms with Crippen molar-refractivity contribution in [3.63, 3.8) is 0 Å². The van der Waals surface area contributed by atoms with Crippen LogP contribution in [0.4, 0.5) is 0 Å². The average molecular weight is 371 g/mol. The second-order valence-corrected chi connectivity index (χ2v) is 7.17. The van der Waals surface area contributed by atoms with Crippen molar-refractivity contribution in [2.75, 3.05) is 13.6 Å². The first-order valence-corrected chi connectivity index (χ1v) is 8.80. The molecule has 0 aliphatic carbocycles. The molecule has 134 valence electrons. The summed E-state index contributed by atoms with van der Waals surface area (Å²) < 4.78 is 5.51. The number of phenols is 2. The van der Waals surface area contributed by atoms with Crippen LogP contribution in [0.15, 0.2) is 34.9 Å². The van der Waals surface area contributed by atoms with Gasteiger partial charge in [0, 0.05) is 19.2 Å². The minimum absolute atomic E-state index is 0.108. The Bertz CT molecular complexity index is 997. The van der Waals surface area contributed by atoms with E-state index in [2.05, 4.69) is 35.3 Å². The number of aromatic nitrogens is 1. The van der Waals surface area contributed by atoms with E-state index in [-0.39, 0.29) is 16.5 Å². The van der Waals surface area contributed by atoms with E-state index in [1.165, 1.54) is 23.3 Å². The van der Waals surface area contributed by atoms with E-state index in [9.17, 15) is 10.2 Å². The Morgan fingerprint density at radius 2 is 1.92 bits per heavy atom. The molecule has 1 aromatic heterocycles. The fraction of sp³-hybridized carbons (Fsp3) is 0.250. The molecule has 1 aliphatic heterocycles. The van der Waals surface area contributed by atoms with Crippen LogP contribution in [-0.4, -0.2) is 33.9 Å². The van der Waals surface area contributed by atoms with Crippen LogP contribution in [0, 0.1) is 6.92 Å². The second kappa shape index (κ2) is 6.34. The molecule has 26 heavy (non-hydrogen) atoms. The van der Waals surface area contributed by atoms with Crippen molar-refractivity contribution in [2.45, 2.75) is 19.9 Å². The first kappa shape index (κ1) is 16.9. The molecule has 2 heterocycles. The van der Waals surface area contributed by atoms with Gasteiger partial charge in [0.2, 0.25) is 0 Å². The van der Waals surface area contributed by atoms with Crippen LogP contribution in [0.1, 0.15) is 16.8 Å². The lowest BCUT2D eigenvalue weighted by atomic mass is 9.93. The molecule has 6 heteroatoms. The summed E-state index contributed by atoms with van der Waals surface area (Å²) in [7, 11) is 2.12. The summed E-state index contributed by atoms with van der Waals surface area (Å²) in [5, 5.41) is 24.2. The summed E-state index contributed by atoms with van der Waals surface area (Å²) in [5.41, 5.74) is 5.60. The van der Waals surface area contributed by atoms with E-state index in [0.717, 1.165) is 36.3 Å². The number of aromatic hydroxyl groups is 2. The van der Waals surface area contributed by atoms with E-state index in [0.29, 0.717) is 11.3 Å². The standard InChI is InChI=1S/C20H19ClN2O3/c1-11-19(13-3-4-14-10-23(2)6-5-12(14)7-13)20(26-22-11)15-8-16(21)18(25)9-17(15)24/h3-4,7-9,24-25H,5-6,10H2,1-2H3. The molecule has 5 nitrogen and oxygen atoms in total. The molecular formula is C20H19ClN2O3. The van der Waals surface area contributed by atoms with Crippen LogP contribution >= 0.6 is 11.6 Å². The topological polar surface area (TPSA) is 69.7 Å². The maximum Gasteiger partial charge on any atom is 0.178 e. The maximum atomic E-state index is 10.3. The number of phenolic OH excluding ortho intramolecular Hbond substituents is 2. The minimum atomic E-state index is -0.177. The van der Waals surface area contributed by atoms with Crippen LogP contribution in [0.2, 0.25) is 5.02 Å². The van der Waals surface area contributed by atoms with Crippen molar-refractivity contribution in [1.82, 2.24) is 10.1 Å². The molecule has 2 aromatic carbocycles. The molecule has 0 spiro atoms. The summed E-state index contributed by atoms with van der Waals surface area (Å²) >= 11 is 6.02. The SMILES string of the molecule is Cc1noc(-c2cc(Cl)c(O)cc2O)c1-c1ccc2c(c1)CCN(C)C2. The predicted molar refractivity (Wildman–Crippen MR) is 100 cm³/mol. The summed E-state index contributed by atoms with van der Waals surface area (Å²) in [4.78, 5) is 2.30. The molecule has 0 atom stereocenters. The summed E-state index contributed by atoms with van der Waals surface area (Å²) in [6.45, 7) is 3.84. The van der Waals surface area contributed by atoms with E-state index in [1.54, 1.807) is 0 Å². The van der Waals surface area contributed by atoms with Gasteiger partial charge in [0.1, 0.15) is 11.5 Å². The molecule has 1 aliphatic rings. The molecule has 0 bridgehead atoms. The molecule has 0 amide bonds. The smallest absolute Gasteiger partial charge is 0.178 e. The highest BCUT2D eigenvalue weighted by molar-refractivity contribution is 6.32. The summed E-state index contributed by atoms with van der Waals surface area (Å²) in [5.74, 6) is 0.155. The van der Waals surface area contributed by atoms with Crippen molar-refractivity contribution in [3.05, 3.63) is 52.2 Å². The van der Waals surface area contributed by atoms with Crippen LogP contribution in [0.25, 0.3) is 22.5 Å². The minimum Gasteiger partial charge on any atom is -0.507 e. The lowest BCUT2D eigenvalue weighted by Crippen LogP contribution is -2.26. The third-order valence-electron chi connectivity index (χ3n) is 4.87. The quantitative estimate of drug-likeness (QED) is 0.701. The molecule has 3 aromatic rings. The van der Waals surface area contributed by atoms with Gasteiger partial charge in [-0.05, 0) is 43.1 Å². The van der Waals surface area contributed by atoms with E-state index in [4.69, 9.17) is 16.1 Å². The third-order valence-corrected chi connectivity index (χ3v) is 5.17. The van der Waals surface area contributed by atoms with Crippen LogP contribution < -0.4 is 0 Å². The van der Waals surface area contributed by atoms with Crippen LogP contribution in [-0.2, 0) is 13.0 Å². The highest BCUT2D eigenvalue weighted by Gasteiger charge is 2.22. The fourth-order valence-electron chi connectivity index (χ4n) is 3.48. The Balaban J connectivity index is 1.85. The molecule has 0 radical (unpaired) electrons. The molecule has 4 rings (SSSR count). The predicted octanol–water partition coefficient (Wildman–Crippen LogP) is 4.37. The van der Waals surface area contributed by atoms with Crippen LogP contribution in [0.5, 0.6) is 11.5 Å². The maximum absolute atomic E-state index is 10.3. The lowest BCUT2D eigenvalue weighted by molar-refractivity contribution is 0.313. The molecular weight excluding hydrogens is 352 g/mol. The van der Waals surface area contributed by atoms with Crippen LogP contribution in [0.3, 0.4) is 0 Å². The largest absolute Gasteiger partial charge is 0.507 e. The first-order valence-electron chi connectivity index (χ1n) is 8.43. The van der Waals surface area contributed by atoms with Gasteiger partial charge in [0.15, 0.2) is 5.76 Å². The lowest BCUT2D eigenvalue weighted by Gasteiger charge is -2.25. The molecule has 2 N–H and O–H groups in total. The summed E-state index contributed by atoms with van der Waals surface area (Å²) in [6.07, 6.45) is 0.996. The number of nitrogens with zero attached hydrogens (tertiary/aromatic N) is 2. The van der Waals surface area contributed by atoms with Gasteiger partial charge in [0.25, 0.3) is 0 Å². The van der Waals surface area contributed by atoms with Gasteiger partial charge in [-0.15, -0.1) is 0 Å². The highest BCUT2D eigenvalue weighted by Crippen LogP contribution is 2.43. The number of likely N-dealkylation sites (N-methyl/N-ethyl adjacent to an activating group) is 1. The van der Waals surface area contributed by atoms with E-state index >= 15 is 0 Å². The van der Waals surface area contributed by atoms with E-state index < -0.39 is 0 Å². The zero-order valence-corrected chi connectivity index (χ0v) is 15.3. The number of hydrogen-bond donors (Lipinski definition) is 2. The van der Waals surface area contributed by atoms with Gasteiger partial charge >= 0.3 is 0 Å². The average Bonchev–Trinajstić information content (AvgIpc) is 2.99. The Morgan fingerprint density at radius 3 is 2.73 bits per heavy atom. The van der Waals surface area contributed by atoms with E-state index in [1.807, 2.05) is 6.92 Å². The van der Waals surface area contributed by atoms with Gasteiger partial charge < -0.3 is 19.6 Å². The summed E-state index contributed by atoms with van der Waals surface area (Å²) in [6, 6.07) is 9.07. The second-order valence-electron chi connectivity index (χ2n) is 6.76.